The number of fused-ring (bicyclic) bond motifs is 1. The summed E-state index contributed by atoms with van der Waals surface area (Å²) in [6.45, 7) is 3.89. The van der Waals surface area contributed by atoms with Gasteiger partial charge in [-0.05, 0) is 43.7 Å². The Hall–Kier alpha value is -3.75. The van der Waals surface area contributed by atoms with Crippen molar-refractivity contribution in [2.24, 2.45) is 0 Å². The predicted molar refractivity (Wildman–Crippen MR) is 104 cm³/mol. The lowest BCUT2D eigenvalue weighted by Gasteiger charge is -2.09. The van der Waals surface area contributed by atoms with E-state index in [4.69, 9.17) is 8.94 Å². The lowest BCUT2D eigenvalue weighted by atomic mass is 10.2. The number of benzene rings is 1. The third-order valence-electron chi connectivity index (χ3n) is 4.51. The molecule has 9 nitrogen and oxygen atoms in total. The number of hydrogen-bond acceptors (Lipinski definition) is 7. The van der Waals surface area contributed by atoms with E-state index in [9.17, 15) is 9.59 Å². The minimum atomic E-state index is -0.481. The van der Waals surface area contributed by atoms with Gasteiger partial charge in [-0.3, -0.25) is 14.3 Å². The van der Waals surface area contributed by atoms with Crippen molar-refractivity contribution in [3.8, 4) is 11.4 Å². The summed E-state index contributed by atoms with van der Waals surface area (Å²) in [6, 6.07) is 8.56. The third kappa shape index (κ3) is 3.93. The number of nitrogens with zero attached hydrogens (tertiary/aromatic N) is 4. The molecule has 9 heteroatoms. The largest absolute Gasteiger partial charge is 0.419 e. The van der Waals surface area contributed by atoms with E-state index in [2.05, 4.69) is 20.4 Å². The highest BCUT2D eigenvalue weighted by Gasteiger charge is 2.18. The van der Waals surface area contributed by atoms with Crippen molar-refractivity contribution in [1.29, 1.82) is 0 Å². The molecule has 0 aliphatic heterocycles. The van der Waals surface area contributed by atoms with E-state index >= 15 is 0 Å². The maximum Gasteiger partial charge on any atom is 0.419 e. The number of aromatic nitrogens is 4. The number of pyridine rings is 1. The van der Waals surface area contributed by atoms with Crippen molar-refractivity contribution in [3.05, 3.63) is 64.7 Å². The molecular formula is C20H19N5O4. The van der Waals surface area contributed by atoms with Crippen molar-refractivity contribution in [1.82, 2.24) is 25.0 Å². The zero-order valence-electron chi connectivity index (χ0n) is 16.0. The van der Waals surface area contributed by atoms with E-state index < -0.39 is 11.8 Å². The Morgan fingerprint density at radius 2 is 2.03 bits per heavy atom. The Morgan fingerprint density at radius 3 is 2.83 bits per heavy atom. The van der Waals surface area contributed by atoms with Crippen LogP contribution < -0.4 is 11.1 Å². The number of aryl methyl sites for hydroxylation is 2. The summed E-state index contributed by atoms with van der Waals surface area (Å²) in [4.78, 5) is 32.7. The van der Waals surface area contributed by atoms with Gasteiger partial charge in [0.2, 0.25) is 17.6 Å². The van der Waals surface area contributed by atoms with Crippen LogP contribution in [-0.4, -0.2) is 25.6 Å². The second-order valence-electron chi connectivity index (χ2n) is 6.72. The average molecular weight is 393 g/mol. The minimum Gasteiger partial charge on any atom is -0.408 e. The number of hydrogen-bond donors (Lipinski definition) is 1. The molecule has 1 N–H and O–H groups in total. The van der Waals surface area contributed by atoms with Crippen LogP contribution in [0.5, 0.6) is 0 Å². The molecule has 3 heterocycles. The van der Waals surface area contributed by atoms with E-state index in [1.165, 1.54) is 4.57 Å². The molecule has 1 aromatic carbocycles. The van der Waals surface area contributed by atoms with E-state index in [0.717, 1.165) is 11.1 Å². The number of carbonyl (C=O) groups is 1. The fourth-order valence-electron chi connectivity index (χ4n) is 3.00. The number of rotatable bonds is 6. The van der Waals surface area contributed by atoms with Crippen molar-refractivity contribution >= 4 is 17.0 Å². The van der Waals surface area contributed by atoms with E-state index in [-0.39, 0.29) is 18.9 Å². The number of oxazole rings is 1. The van der Waals surface area contributed by atoms with Crippen LogP contribution in [0.4, 0.5) is 0 Å². The van der Waals surface area contributed by atoms with Gasteiger partial charge in [0, 0.05) is 30.9 Å². The second-order valence-corrected chi connectivity index (χ2v) is 6.72. The Labute approximate surface area is 165 Å². The van der Waals surface area contributed by atoms with Crippen LogP contribution >= 0.6 is 0 Å². The Bertz CT molecular complexity index is 1210. The summed E-state index contributed by atoms with van der Waals surface area (Å²) < 4.78 is 11.9. The molecule has 0 spiro atoms. The highest BCUT2D eigenvalue weighted by molar-refractivity contribution is 5.77. The minimum absolute atomic E-state index is 0.109. The number of carbonyl (C=O) groups excluding carboxylic acids is 1. The first-order chi connectivity index (χ1) is 14.0. The molecule has 0 aliphatic carbocycles. The molecule has 148 valence electrons. The number of nitrogens with one attached hydrogen (secondary N) is 1. The van der Waals surface area contributed by atoms with Crippen LogP contribution in [0, 0.1) is 6.92 Å². The molecule has 4 rings (SSSR count). The normalized spacial score (nSPS) is 12.2. The topological polar surface area (TPSA) is 116 Å². The summed E-state index contributed by atoms with van der Waals surface area (Å²) in [5.74, 6) is 0.00223. The van der Waals surface area contributed by atoms with E-state index in [1.54, 1.807) is 37.5 Å². The number of amides is 1. The summed E-state index contributed by atoms with van der Waals surface area (Å²) >= 11 is 0. The van der Waals surface area contributed by atoms with E-state index in [1.807, 2.05) is 19.1 Å². The molecule has 1 amide bonds. The SMILES string of the molecule is Cc1ccc2oc(=O)n(CCC(=O)N[C@H](C)c3nc(-c4ccncc4)no3)c2c1. The Morgan fingerprint density at radius 1 is 1.24 bits per heavy atom. The van der Waals surface area contributed by atoms with Crippen molar-refractivity contribution < 1.29 is 13.7 Å². The van der Waals surface area contributed by atoms with Crippen molar-refractivity contribution in [2.45, 2.75) is 32.9 Å². The van der Waals surface area contributed by atoms with Gasteiger partial charge in [0.05, 0.1) is 5.52 Å². The molecule has 0 bridgehead atoms. The molecule has 3 aromatic heterocycles. The van der Waals surface area contributed by atoms with Gasteiger partial charge in [0.25, 0.3) is 0 Å². The quantitative estimate of drug-likeness (QED) is 0.535. The van der Waals surface area contributed by atoms with Gasteiger partial charge in [0.1, 0.15) is 6.04 Å². The molecule has 29 heavy (non-hydrogen) atoms. The zero-order chi connectivity index (χ0) is 20.4. The van der Waals surface area contributed by atoms with Crippen LogP contribution in [0.1, 0.15) is 30.8 Å². The summed E-state index contributed by atoms with van der Waals surface area (Å²) in [6.07, 6.45) is 3.39. The molecular weight excluding hydrogens is 374 g/mol. The monoisotopic (exact) mass is 393 g/mol. The first-order valence-electron chi connectivity index (χ1n) is 9.14. The van der Waals surface area contributed by atoms with Gasteiger partial charge >= 0.3 is 5.76 Å². The van der Waals surface area contributed by atoms with Gasteiger partial charge in [-0.25, -0.2) is 4.79 Å². The van der Waals surface area contributed by atoms with Crippen LogP contribution in [0.25, 0.3) is 22.5 Å². The second kappa shape index (κ2) is 7.70. The Balaban J connectivity index is 1.40. The smallest absolute Gasteiger partial charge is 0.408 e. The van der Waals surface area contributed by atoms with Crippen LogP contribution in [-0.2, 0) is 11.3 Å². The third-order valence-corrected chi connectivity index (χ3v) is 4.51. The van der Waals surface area contributed by atoms with Gasteiger partial charge in [-0.1, -0.05) is 11.2 Å². The standard InChI is InChI=1S/C20H19N5O4/c1-12-3-4-16-15(11-12)25(20(27)28-16)10-7-17(26)22-13(2)19-23-18(24-29-19)14-5-8-21-9-6-14/h3-6,8-9,11,13H,7,10H2,1-2H3,(H,22,26)/t13-/m1/s1. The van der Waals surface area contributed by atoms with Crippen molar-refractivity contribution in [2.75, 3.05) is 0 Å². The molecule has 0 saturated heterocycles. The van der Waals surface area contributed by atoms with E-state index in [0.29, 0.717) is 22.8 Å². The van der Waals surface area contributed by atoms with Crippen LogP contribution in [0.3, 0.4) is 0 Å². The zero-order valence-corrected chi connectivity index (χ0v) is 16.0. The molecule has 1 atom stereocenters. The average Bonchev–Trinajstić information content (AvgIpc) is 3.32. The van der Waals surface area contributed by atoms with Crippen LogP contribution in [0.15, 0.2) is 56.5 Å². The molecule has 0 saturated carbocycles. The molecule has 0 radical (unpaired) electrons. The first-order valence-corrected chi connectivity index (χ1v) is 9.14. The van der Waals surface area contributed by atoms with Gasteiger partial charge < -0.3 is 14.3 Å². The summed E-state index contributed by atoms with van der Waals surface area (Å²) in [5.41, 5.74) is 2.96. The molecule has 4 aromatic rings. The maximum atomic E-state index is 12.4. The first kappa shape index (κ1) is 18.6. The van der Waals surface area contributed by atoms with Gasteiger partial charge in [0.15, 0.2) is 5.58 Å². The van der Waals surface area contributed by atoms with Crippen molar-refractivity contribution in [3.63, 3.8) is 0 Å². The predicted octanol–water partition coefficient (Wildman–Crippen LogP) is 2.62. The lowest BCUT2D eigenvalue weighted by Crippen LogP contribution is -2.28. The maximum absolute atomic E-state index is 12.4. The molecule has 0 aliphatic rings. The van der Waals surface area contributed by atoms with Gasteiger partial charge in [-0.2, -0.15) is 4.98 Å². The fraction of sp³-hybridized carbons (Fsp3) is 0.250. The summed E-state index contributed by atoms with van der Waals surface area (Å²) in [7, 11) is 0. The lowest BCUT2D eigenvalue weighted by molar-refractivity contribution is -0.122. The highest BCUT2D eigenvalue weighted by Crippen LogP contribution is 2.18. The van der Waals surface area contributed by atoms with Crippen LogP contribution in [0.2, 0.25) is 0 Å². The highest BCUT2D eigenvalue weighted by atomic mass is 16.5. The summed E-state index contributed by atoms with van der Waals surface area (Å²) in [5, 5.41) is 6.74. The molecule has 0 unspecified atom stereocenters. The fourth-order valence-corrected chi connectivity index (χ4v) is 3.00. The van der Waals surface area contributed by atoms with Gasteiger partial charge in [-0.15, -0.1) is 0 Å². The Kier molecular flexibility index (Phi) is 4.94. The molecule has 0 fully saturated rings.